The second-order valence-corrected chi connectivity index (χ2v) is 4.47. The molecule has 0 bridgehead atoms. The standard InChI is InChI=1S/C12H20N2O2/c1-8(2)6-11(13)12(15)14-7-10-5-4-9(3)16-10/h4-5,8,11H,6-7,13H2,1-3H3,(H,14,15)/t11-/m1/s1. The Kier molecular flexibility index (Phi) is 4.55. The summed E-state index contributed by atoms with van der Waals surface area (Å²) in [4.78, 5) is 11.6. The van der Waals surface area contributed by atoms with Crippen molar-refractivity contribution in [1.82, 2.24) is 5.32 Å². The summed E-state index contributed by atoms with van der Waals surface area (Å²) >= 11 is 0. The van der Waals surface area contributed by atoms with Crippen molar-refractivity contribution in [2.45, 2.75) is 39.8 Å². The van der Waals surface area contributed by atoms with E-state index < -0.39 is 6.04 Å². The summed E-state index contributed by atoms with van der Waals surface area (Å²) in [7, 11) is 0. The zero-order valence-electron chi connectivity index (χ0n) is 10.1. The number of hydrogen-bond donors (Lipinski definition) is 2. The molecule has 4 heteroatoms. The number of nitrogens with two attached hydrogens (primary N) is 1. The van der Waals surface area contributed by atoms with Gasteiger partial charge in [-0.15, -0.1) is 0 Å². The van der Waals surface area contributed by atoms with E-state index in [9.17, 15) is 4.79 Å². The van der Waals surface area contributed by atoms with Crippen LogP contribution in [0.2, 0.25) is 0 Å². The smallest absolute Gasteiger partial charge is 0.237 e. The van der Waals surface area contributed by atoms with Gasteiger partial charge in [-0.25, -0.2) is 0 Å². The second-order valence-electron chi connectivity index (χ2n) is 4.47. The van der Waals surface area contributed by atoms with Crippen LogP contribution in [0.3, 0.4) is 0 Å². The van der Waals surface area contributed by atoms with Crippen LogP contribution in [0.15, 0.2) is 16.5 Å². The van der Waals surface area contributed by atoms with Gasteiger partial charge in [-0.1, -0.05) is 13.8 Å². The van der Waals surface area contributed by atoms with Crippen molar-refractivity contribution in [3.63, 3.8) is 0 Å². The first-order valence-electron chi connectivity index (χ1n) is 5.57. The maximum Gasteiger partial charge on any atom is 0.237 e. The Hall–Kier alpha value is -1.29. The zero-order valence-corrected chi connectivity index (χ0v) is 10.1. The summed E-state index contributed by atoms with van der Waals surface area (Å²) in [5.74, 6) is 1.90. The lowest BCUT2D eigenvalue weighted by Gasteiger charge is -2.13. The van der Waals surface area contributed by atoms with Gasteiger partial charge in [0.05, 0.1) is 12.6 Å². The maximum atomic E-state index is 11.6. The molecule has 0 spiro atoms. The third kappa shape index (κ3) is 4.06. The van der Waals surface area contributed by atoms with Gasteiger partial charge in [-0.2, -0.15) is 0 Å². The summed E-state index contributed by atoms with van der Waals surface area (Å²) in [6.45, 7) is 6.36. The van der Waals surface area contributed by atoms with Gasteiger partial charge in [0.1, 0.15) is 11.5 Å². The van der Waals surface area contributed by atoms with Crippen molar-refractivity contribution in [2.24, 2.45) is 11.7 Å². The fraction of sp³-hybridized carbons (Fsp3) is 0.583. The Morgan fingerprint density at radius 2 is 2.19 bits per heavy atom. The van der Waals surface area contributed by atoms with Crippen LogP contribution in [0.4, 0.5) is 0 Å². The molecule has 4 nitrogen and oxygen atoms in total. The van der Waals surface area contributed by atoms with Crippen molar-refractivity contribution in [3.8, 4) is 0 Å². The molecule has 0 saturated carbocycles. The van der Waals surface area contributed by atoms with Crippen LogP contribution in [0.1, 0.15) is 31.8 Å². The average Bonchev–Trinajstić information content (AvgIpc) is 2.59. The SMILES string of the molecule is Cc1ccc(CNC(=O)[C@H](N)CC(C)C)o1. The molecule has 16 heavy (non-hydrogen) atoms. The Bertz CT molecular complexity index is 345. The molecule has 1 aromatic heterocycles. The Labute approximate surface area is 96.2 Å². The van der Waals surface area contributed by atoms with E-state index in [4.69, 9.17) is 10.2 Å². The Morgan fingerprint density at radius 3 is 2.69 bits per heavy atom. The molecular weight excluding hydrogens is 204 g/mol. The summed E-state index contributed by atoms with van der Waals surface area (Å²) in [6.07, 6.45) is 0.697. The largest absolute Gasteiger partial charge is 0.465 e. The summed E-state index contributed by atoms with van der Waals surface area (Å²) in [5.41, 5.74) is 5.74. The van der Waals surface area contributed by atoms with Crippen LogP contribution in [0, 0.1) is 12.8 Å². The highest BCUT2D eigenvalue weighted by Gasteiger charge is 2.14. The fourth-order valence-electron chi connectivity index (χ4n) is 1.50. The monoisotopic (exact) mass is 224 g/mol. The number of nitrogens with one attached hydrogen (secondary N) is 1. The number of furan rings is 1. The van der Waals surface area contributed by atoms with E-state index in [1.54, 1.807) is 0 Å². The quantitative estimate of drug-likeness (QED) is 0.797. The minimum absolute atomic E-state index is 0.122. The van der Waals surface area contributed by atoms with Crippen LogP contribution in [-0.4, -0.2) is 11.9 Å². The van der Waals surface area contributed by atoms with Gasteiger partial charge < -0.3 is 15.5 Å². The predicted molar refractivity (Wildman–Crippen MR) is 62.7 cm³/mol. The third-order valence-corrected chi connectivity index (χ3v) is 2.29. The molecule has 0 fully saturated rings. The first-order chi connectivity index (χ1) is 7.49. The lowest BCUT2D eigenvalue weighted by Crippen LogP contribution is -2.40. The van der Waals surface area contributed by atoms with Crippen LogP contribution >= 0.6 is 0 Å². The minimum atomic E-state index is -0.434. The molecule has 1 heterocycles. The average molecular weight is 224 g/mol. The number of aryl methyl sites for hydroxylation is 1. The van der Waals surface area contributed by atoms with Crippen LogP contribution < -0.4 is 11.1 Å². The van der Waals surface area contributed by atoms with Crippen LogP contribution in [0.25, 0.3) is 0 Å². The van der Waals surface area contributed by atoms with Crippen molar-refractivity contribution in [3.05, 3.63) is 23.7 Å². The molecule has 3 N–H and O–H groups in total. The molecule has 0 unspecified atom stereocenters. The van der Waals surface area contributed by atoms with E-state index in [0.29, 0.717) is 18.9 Å². The van der Waals surface area contributed by atoms with Gasteiger partial charge in [-0.3, -0.25) is 4.79 Å². The highest BCUT2D eigenvalue weighted by molar-refractivity contribution is 5.81. The lowest BCUT2D eigenvalue weighted by molar-refractivity contribution is -0.122. The Balaban J connectivity index is 2.35. The third-order valence-electron chi connectivity index (χ3n) is 2.29. The molecule has 0 aliphatic heterocycles. The molecule has 0 radical (unpaired) electrons. The Morgan fingerprint density at radius 1 is 1.50 bits per heavy atom. The normalized spacial score (nSPS) is 12.8. The molecule has 1 amide bonds. The summed E-state index contributed by atoms with van der Waals surface area (Å²) in [5, 5.41) is 2.76. The van der Waals surface area contributed by atoms with E-state index >= 15 is 0 Å². The first kappa shape index (κ1) is 12.8. The van der Waals surface area contributed by atoms with E-state index in [1.807, 2.05) is 32.9 Å². The molecule has 0 aromatic carbocycles. The highest BCUT2D eigenvalue weighted by Crippen LogP contribution is 2.06. The molecule has 0 saturated heterocycles. The van der Waals surface area contributed by atoms with Gasteiger partial charge in [-0.05, 0) is 31.4 Å². The van der Waals surface area contributed by atoms with Crippen molar-refractivity contribution < 1.29 is 9.21 Å². The van der Waals surface area contributed by atoms with Crippen LogP contribution in [0.5, 0.6) is 0 Å². The van der Waals surface area contributed by atoms with E-state index in [0.717, 1.165) is 11.5 Å². The molecule has 1 atom stereocenters. The summed E-state index contributed by atoms with van der Waals surface area (Å²) < 4.78 is 5.34. The number of amides is 1. The first-order valence-corrected chi connectivity index (χ1v) is 5.57. The van der Waals surface area contributed by atoms with Gasteiger partial charge in [0.2, 0.25) is 5.91 Å². The molecule has 0 aliphatic carbocycles. The molecule has 1 rings (SSSR count). The van der Waals surface area contributed by atoms with Crippen molar-refractivity contribution >= 4 is 5.91 Å². The molecule has 1 aromatic rings. The van der Waals surface area contributed by atoms with Gasteiger partial charge in [0.15, 0.2) is 0 Å². The lowest BCUT2D eigenvalue weighted by atomic mass is 10.0. The van der Waals surface area contributed by atoms with Crippen molar-refractivity contribution in [1.29, 1.82) is 0 Å². The number of carbonyl (C=O) groups excluding carboxylic acids is 1. The van der Waals surface area contributed by atoms with Gasteiger partial charge >= 0.3 is 0 Å². The van der Waals surface area contributed by atoms with Crippen molar-refractivity contribution in [2.75, 3.05) is 0 Å². The number of rotatable bonds is 5. The molecular formula is C12H20N2O2. The summed E-state index contributed by atoms with van der Waals surface area (Å²) in [6, 6.07) is 3.29. The molecule has 0 aliphatic rings. The minimum Gasteiger partial charge on any atom is -0.465 e. The topological polar surface area (TPSA) is 68.3 Å². The van der Waals surface area contributed by atoms with E-state index in [-0.39, 0.29) is 5.91 Å². The highest BCUT2D eigenvalue weighted by atomic mass is 16.3. The van der Waals surface area contributed by atoms with E-state index in [2.05, 4.69) is 5.32 Å². The zero-order chi connectivity index (χ0) is 12.1. The fourth-order valence-corrected chi connectivity index (χ4v) is 1.50. The van der Waals surface area contributed by atoms with Gasteiger partial charge in [0.25, 0.3) is 0 Å². The van der Waals surface area contributed by atoms with Crippen LogP contribution in [-0.2, 0) is 11.3 Å². The number of hydrogen-bond acceptors (Lipinski definition) is 3. The van der Waals surface area contributed by atoms with Gasteiger partial charge in [0, 0.05) is 0 Å². The number of carbonyl (C=O) groups is 1. The predicted octanol–water partition coefficient (Wildman–Crippen LogP) is 1.58. The molecule has 90 valence electrons. The second kappa shape index (κ2) is 5.70. The van der Waals surface area contributed by atoms with E-state index in [1.165, 1.54) is 0 Å². The maximum absolute atomic E-state index is 11.6.